The van der Waals surface area contributed by atoms with E-state index in [-0.39, 0.29) is 28.7 Å². The van der Waals surface area contributed by atoms with Gasteiger partial charge in [-0.1, -0.05) is 27.7 Å². The van der Waals surface area contributed by atoms with Gasteiger partial charge in [-0.25, -0.2) is 0 Å². The average Bonchev–Trinajstić information content (AvgIpc) is 2.79. The van der Waals surface area contributed by atoms with Crippen LogP contribution in [-0.2, 0) is 26.9 Å². The maximum Gasteiger partial charge on any atom is 0.312 e. The molecule has 5 rings (SSSR count). The van der Waals surface area contributed by atoms with Crippen LogP contribution < -0.4 is 0 Å². The van der Waals surface area contributed by atoms with Crippen molar-refractivity contribution in [3.63, 3.8) is 0 Å². The van der Waals surface area contributed by atoms with E-state index in [1.54, 1.807) is 0 Å². The minimum Gasteiger partial charge on any atom is -0.465 e. The summed E-state index contributed by atoms with van der Waals surface area (Å²) in [5.74, 6) is 0.0154. The van der Waals surface area contributed by atoms with Crippen molar-refractivity contribution in [2.24, 2.45) is 27.6 Å². The molecule has 7 heteroatoms. The minimum atomic E-state index is -0.652. The molecule has 0 N–H and O–H groups in total. The number of carbonyl (C=O) groups excluding carboxylic acids is 2. The lowest BCUT2D eigenvalue weighted by Crippen LogP contribution is -2.65. The van der Waals surface area contributed by atoms with Crippen LogP contribution in [0, 0.1) is 27.6 Å². The fourth-order valence-electron chi connectivity index (χ4n) is 7.47. The van der Waals surface area contributed by atoms with Crippen molar-refractivity contribution >= 4 is 34.9 Å². The average molecular weight is 577 g/mol. The van der Waals surface area contributed by atoms with E-state index in [1.165, 1.54) is 0 Å². The zero-order chi connectivity index (χ0) is 24.0. The normalized spacial score (nSPS) is 36.3. The van der Waals surface area contributed by atoms with Crippen LogP contribution in [0.5, 0.6) is 0 Å². The van der Waals surface area contributed by atoms with Crippen LogP contribution in [0.15, 0.2) is 0 Å². The molecular formula is C26H41IO6. The van der Waals surface area contributed by atoms with E-state index in [0.29, 0.717) is 45.7 Å². The first kappa shape index (κ1) is 25.7. The molecule has 33 heavy (non-hydrogen) atoms. The Kier molecular flexibility index (Phi) is 7.18. The van der Waals surface area contributed by atoms with Crippen molar-refractivity contribution in [3.05, 3.63) is 0 Å². The molecule has 5 aliphatic rings. The zero-order valence-corrected chi connectivity index (χ0v) is 23.0. The van der Waals surface area contributed by atoms with Gasteiger partial charge in [-0.15, -0.1) is 0 Å². The first-order valence-electron chi connectivity index (χ1n) is 12.9. The van der Waals surface area contributed by atoms with Gasteiger partial charge in [0.05, 0.1) is 41.7 Å². The number of esters is 2. The molecule has 0 aromatic heterocycles. The lowest BCUT2D eigenvalue weighted by atomic mass is 9.42. The highest BCUT2D eigenvalue weighted by Gasteiger charge is 2.70. The summed E-state index contributed by atoms with van der Waals surface area (Å²) < 4.78 is 23.5. The fraction of sp³-hybridized carbons (Fsp3) is 0.923. The molecule has 4 saturated carbocycles. The Balaban J connectivity index is 1.53. The summed E-state index contributed by atoms with van der Waals surface area (Å²) in [6.45, 7) is 10.8. The van der Waals surface area contributed by atoms with Gasteiger partial charge in [0, 0.05) is 5.41 Å². The summed E-state index contributed by atoms with van der Waals surface area (Å²) >= 11 is 1.98. The summed E-state index contributed by atoms with van der Waals surface area (Å²) in [7, 11) is 0. The maximum absolute atomic E-state index is 13.7. The zero-order valence-electron chi connectivity index (χ0n) is 20.8. The van der Waals surface area contributed by atoms with E-state index in [4.69, 9.17) is 17.3 Å². The van der Waals surface area contributed by atoms with Gasteiger partial charge >= 0.3 is 11.9 Å². The topological polar surface area (TPSA) is 71.1 Å². The molecule has 4 unspecified atom stereocenters. The van der Waals surface area contributed by atoms with Gasteiger partial charge < -0.3 is 17.3 Å². The van der Waals surface area contributed by atoms with Crippen LogP contribution in [0.4, 0.5) is 0 Å². The van der Waals surface area contributed by atoms with E-state index in [0.717, 1.165) is 44.9 Å². The number of hydrogen-bond acceptors (Lipinski definition) is 6. The lowest BCUT2D eigenvalue weighted by Gasteiger charge is -2.63. The molecular weight excluding hydrogens is 535 g/mol. The Morgan fingerprint density at radius 1 is 0.909 bits per heavy atom. The molecule has 0 aromatic carbocycles. The lowest BCUT2D eigenvalue weighted by molar-refractivity contribution is -0.221. The highest BCUT2D eigenvalue weighted by atomic mass is 127. The fourth-order valence-corrected chi connectivity index (χ4v) is 7.96. The molecule has 0 aromatic rings. The maximum atomic E-state index is 13.7. The Bertz CT molecular complexity index is 748. The Morgan fingerprint density at radius 3 is 1.94 bits per heavy atom. The number of hydrogen-bond donors (Lipinski definition) is 0. The van der Waals surface area contributed by atoms with E-state index in [1.807, 2.05) is 23.0 Å². The number of halogens is 1. The summed E-state index contributed by atoms with van der Waals surface area (Å²) in [6.07, 6.45) is 8.23. The summed E-state index contributed by atoms with van der Waals surface area (Å²) in [6, 6.07) is 0. The highest BCUT2D eigenvalue weighted by Crippen LogP contribution is 2.68. The van der Waals surface area contributed by atoms with Crippen molar-refractivity contribution in [1.82, 2.24) is 0 Å². The predicted molar refractivity (Wildman–Crippen MR) is 133 cm³/mol. The Labute approximate surface area is 212 Å². The second kappa shape index (κ2) is 9.23. The Hall–Kier alpha value is -0.410. The first-order valence-corrected chi connectivity index (χ1v) is 13.8. The molecule has 4 aliphatic carbocycles. The standard InChI is InChI=1S/C26H41IO6/c1-5-22(6-2,7-3)17-31-20(28)24-9-19-10-25(12-24,14-26(11-19,13-24)33-27)21(29)32-18-23(8-4)15-30-16-23/h19H,5-18H2,1-4H3. The van der Waals surface area contributed by atoms with E-state index in [9.17, 15) is 9.59 Å². The number of carbonyl (C=O) groups is 2. The smallest absolute Gasteiger partial charge is 0.312 e. The molecule has 4 atom stereocenters. The molecule has 0 amide bonds. The SMILES string of the molecule is CCC(CC)(CC)COC(=O)C12CC3CC(OI)(C1)CC(C(=O)OCC1(CC)COC1)(C3)C2. The molecule has 6 nitrogen and oxygen atoms in total. The number of rotatable bonds is 11. The molecule has 188 valence electrons. The van der Waals surface area contributed by atoms with E-state index in [2.05, 4.69) is 27.7 Å². The van der Waals surface area contributed by atoms with Gasteiger partial charge in [-0.05, 0) is 70.1 Å². The monoisotopic (exact) mass is 576 g/mol. The van der Waals surface area contributed by atoms with Gasteiger partial charge in [0.2, 0.25) is 0 Å². The number of ether oxygens (including phenoxy) is 3. The van der Waals surface area contributed by atoms with Gasteiger partial charge in [-0.3, -0.25) is 9.59 Å². The van der Waals surface area contributed by atoms with Crippen molar-refractivity contribution in [2.75, 3.05) is 26.4 Å². The van der Waals surface area contributed by atoms with Crippen LogP contribution in [0.25, 0.3) is 0 Å². The molecule has 1 saturated heterocycles. The molecule has 0 spiro atoms. The largest absolute Gasteiger partial charge is 0.465 e. The van der Waals surface area contributed by atoms with Crippen LogP contribution in [-0.4, -0.2) is 44.0 Å². The molecule has 5 fully saturated rings. The van der Waals surface area contributed by atoms with E-state index < -0.39 is 16.4 Å². The molecule has 0 radical (unpaired) electrons. The van der Waals surface area contributed by atoms with Crippen LogP contribution in [0.1, 0.15) is 91.9 Å². The third-order valence-electron chi connectivity index (χ3n) is 9.88. The second-order valence-corrected chi connectivity index (χ2v) is 12.3. The Morgan fingerprint density at radius 2 is 1.48 bits per heavy atom. The van der Waals surface area contributed by atoms with E-state index >= 15 is 0 Å². The van der Waals surface area contributed by atoms with Crippen molar-refractivity contribution in [3.8, 4) is 0 Å². The third-order valence-corrected chi connectivity index (χ3v) is 10.8. The quantitative estimate of drug-likeness (QED) is 0.229. The minimum absolute atomic E-state index is 0.0331. The first-order chi connectivity index (χ1) is 15.7. The molecule has 1 heterocycles. The third kappa shape index (κ3) is 4.37. The predicted octanol–water partition coefficient (Wildman–Crippen LogP) is 5.79. The van der Waals surface area contributed by atoms with Crippen LogP contribution in [0.3, 0.4) is 0 Å². The summed E-state index contributed by atoms with van der Waals surface area (Å²) in [5.41, 5.74) is -1.76. The summed E-state index contributed by atoms with van der Waals surface area (Å²) in [4.78, 5) is 27.3. The van der Waals surface area contributed by atoms with Gasteiger partial charge in [0.25, 0.3) is 0 Å². The van der Waals surface area contributed by atoms with Gasteiger partial charge in [0.1, 0.15) is 29.6 Å². The van der Waals surface area contributed by atoms with Gasteiger partial charge in [-0.2, -0.15) is 0 Å². The van der Waals surface area contributed by atoms with Crippen molar-refractivity contribution in [2.45, 2.75) is 97.5 Å². The molecule has 1 aliphatic heterocycles. The second-order valence-electron chi connectivity index (χ2n) is 11.9. The van der Waals surface area contributed by atoms with Crippen LogP contribution >= 0.6 is 23.0 Å². The van der Waals surface area contributed by atoms with Gasteiger partial charge in [0.15, 0.2) is 0 Å². The highest BCUT2D eigenvalue weighted by molar-refractivity contribution is 14.1. The van der Waals surface area contributed by atoms with Crippen LogP contribution in [0.2, 0.25) is 0 Å². The van der Waals surface area contributed by atoms with Crippen molar-refractivity contribution in [1.29, 1.82) is 0 Å². The molecule has 4 bridgehead atoms. The van der Waals surface area contributed by atoms with Crippen molar-refractivity contribution < 1.29 is 26.9 Å². The summed E-state index contributed by atoms with van der Waals surface area (Å²) in [5, 5.41) is 0.